The minimum atomic E-state index is 0.821. The Labute approximate surface area is 162 Å². The van der Waals surface area contributed by atoms with Gasteiger partial charge in [-0.05, 0) is 45.2 Å². The van der Waals surface area contributed by atoms with Gasteiger partial charge in [-0.25, -0.2) is 15.0 Å². The van der Waals surface area contributed by atoms with Gasteiger partial charge in [0.1, 0.15) is 12.0 Å². The van der Waals surface area contributed by atoms with E-state index in [1.165, 1.54) is 16.8 Å². The first-order chi connectivity index (χ1) is 13.0. The smallest absolute Gasteiger partial charge is 0.162 e. The van der Waals surface area contributed by atoms with Gasteiger partial charge < -0.3 is 10.2 Å². The summed E-state index contributed by atoms with van der Waals surface area (Å²) in [7, 11) is 0. The Bertz CT molecular complexity index is 869. The van der Waals surface area contributed by atoms with Gasteiger partial charge in [-0.3, -0.25) is 0 Å². The van der Waals surface area contributed by atoms with Crippen molar-refractivity contribution in [2.45, 2.75) is 47.0 Å². The minimum absolute atomic E-state index is 0.821. The Kier molecular flexibility index (Phi) is 5.89. The number of fused-ring (bicyclic) bond motifs is 1. The molecule has 0 saturated carbocycles. The minimum Gasteiger partial charge on any atom is -0.384 e. The number of hydrogen-bond donors (Lipinski definition) is 1. The SMILES string of the molecule is C=C(NCCCC)C(C)=Nc1c(C)ncnc1N1CCc2cc(C)ccc21. The fourth-order valence-electron chi connectivity index (χ4n) is 3.31. The summed E-state index contributed by atoms with van der Waals surface area (Å²) in [5.74, 6) is 0.866. The second-order valence-electron chi connectivity index (χ2n) is 7.12. The van der Waals surface area contributed by atoms with Gasteiger partial charge >= 0.3 is 0 Å². The molecule has 0 atom stereocenters. The topological polar surface area (TPSA) is 53.4 Å². The molecule has 5 heteroatoms. The molecule has 0 amide bonds. The lowest BCUT2D eigenvalue weighted by Gasteiger charge is -2.21. The van der Waals surface area contributed by atoms with E-state index in [1.807, 2.05) is 13.8 Å². The lowest BCUT2D eigenvalue weighted by molar-refractivity contribution is 0.725. The van der Waals surface area contributed by atoms with Crippen LogP contribution in [0.3, 0.4) is 0 Å². The Morgan fingerprint density at radius 1 is 1.30 bits per heavy atom. The van der Waals surface area contributed by atoms with Crippen molar-refractivity contribution < 1.29 is 0 Å². The molecule has 5 nitrogen and oxygen atoms in total. The Morgan fingerprint density at radius 2 is 2.11 bits per heavy atom. The molecule has 1 N–H and O–H groups in total. The molecule has 1 aliphatic rings. The standard InChI is InChI=1S/C22H29N5/c1-6-7-11-23-16(3)17(4)26-21-18(5)24-14-25-22(21)27-12-10-19-13-15(2)8-9-20(19)27/h8-9,13-14,23H,3,6-7,10-12H2,1-2,4-5H3. The highest BCUT2D eigenvalue weighted by molar-refractivity contribution is 5.99. The van der Waals surface area contributed by atoms with Crippen molar-refractivity contribution in [1.29, 1.82) is 0 Å². The number of hydrogen-bond acceptors (Lipinski definition) is 5. The summed E-state index contributed by atoms with van der Waals surface area (Å²) in [4.78, 5) is 16.1. The van der Waals surface area contributed by atoms with E-state index in [2.05, 4.69) is 58.8 Å². The molecule has 1 aliphatic heterocycles. The fraction of sp³-hybridized carbons (Fsp3) is 0.409. The van der Waals surface area contributed by atoms with Crippen molar-refractivity contribution >= 4 is 22.9 Å². The maximum absolute atomic E-state index is 4.86. The summed E-state index contributed by atoms with van der Waals surface area (Å²) in [5.41, 5.74) is 7.29. The van der Waals surface area contributed by atoms with Crippen LogP contribution >= 0.6 is 0 Å². The molecule has 27 heavy (non-hydrogen) atoms. The Morgan fingerprint density at radius 3 is 2.89 bits per heavy atom. The van der Waals surface area contributed by atoms with Crippen LogP contribution in [0, 0.1) is 13.8 Å². The number of anilines is 2. The zero-order valence-electron chi connectivity index (χ0n) is 16.8. The van der Waals surface area contributed by atoms with Crippen molar-refractivity contribution in [2.75, 3.05) is 18.0 Å². The number of aryl methyl sites for hydroxylation is 2. The number of unbranched alkanes of at least 4 members (excludes halogenated alkanes) is 1. The van der Waals surface area contributed by atoms with Gasteiger partial charge in [0.25, 0.3) is 0 Å². The predicted molar refractivity (Wildman–Crippen MR) is 113 cm³/mol. The number of benzene rings is 1. The third-order valence-corrected chi connectivity index (χ3v) is 4.96. The lowest BCUT2D eigenvalue weighted by atomic mass is 10.1. The van der Waals surface area contributed by atoms with Crippen LogP contribution in [0.2, 0.25) is 0 Å². The first-order valence-electron chi connectivity index (χ1n) is 9.68. The molecule has 0 saturated heterocycles. The molecular formula is C22H29N5. The molecule has 2 heterocycles. The van der Waals surface area contributed by atoms with Crippen LogP contribution in [-0.4, -0.2) is 28.8 Å². The van der Waals surface area contributed by atoms with Crippen molar-refractivity contribution in [1.82, 2.24) is 15.3 Å². The average Bonchev–Trinajstić information content (AvgIpc) is 3.06. The van der Waals surface area contributed by atoms with Gasteiger partial charge in [-0.2, -0.15) is 0 Å². The third-order valence-electron chi connectivity index (χ3n) is 4.96. The summed E-state index contributed by atoms with van der Waals surface area (Å²) in [6.07, 6.45) is 4.92. The van der Waals surface area contributed by atoms with Crippen LogP contribution < -0.4 is 10.2 Å². The average molecular weight is 364 g/mol. The molecule has 142 valence electrons. The molecule has 1 aromatic heterocycles. The number of aliphatic imine (C=N–C) groups is 1. The van der Waals surface area contributed by atoms with Crippen LogP contribution in [0.15, 0.2) is 41.8 Å². The Balaban J connectivity index is 1.93. The van der Waals surface area contributed by atoms with E-state index in [-0.39, 0.29) is 0 Å². The number of aromatic nitrogens is 2. The maximum atomic E-state index is 4.86. The van der Waals surface area contributed by atoms with Crippen LogP contribution in [-0.2, 0) is 6.42 Å². The molecule has 3 rings (SSSR count). The van der Waals surface area contributed by atoms with Gasteiger partial charge in [0, 0.05) is 24.5 Å². The summed E-state index contributed by atoms with van der Waals surface area (Å²) in [5, 5.41) is 3.35. The van der Waals surface area contributed by atoms with Crippen LogP contribution in [0.1, 0.15) is 43.5 Å². The van der Waals surface area contributed by atoms with Crippen LogP contribution in [0.5, 0.6) is 0 Å². The Hall–Kier alpha value is -2.69. The zero-order chi connectivity index (χ0) is 19.4. The van der Waals surface area contributed by atoms with E-state index in [0.717, 1.165) is 61.0 Å². The van der Waals surface area contributed by atoms with E-state index < -0.39 is 0 Å². The zero-order valence-corrected chi connectivity index (χ0v) is 16.8. The van der Waals surface area contributed by atoms with E-state index in [0.29, 0.717) is 0 Å². The van der Waals surface area contributed by atoms with Crippen molar-refractivity contribution in [3.63, 3.8) is 0 Å². The normalized spacial score (nSPS) is 13.6. The molecule has 0 unspecified atom stereocenters. The summed E-state index contributed by atoms with van der Waals surface area (Å²) in [6.45, 7) is 14.2. The van der Waals surface area contributed by atoms with Crippen LogP contribution in [0.25, 0.3) is 0 Å². The molecule has 1 aromatic carbocycles. The second-order valence-corrected chi connectivity index (χ2v) is 7.12. The number of allylic oxidation sites excluding steroid dienone is 1. The fourth-order valence-corrected chi connectivity index (χ4v) is 3.31. The third kappa shape index (κ3) is 4.18. The van der Waals surface area contributed by atoms with E-state index >= 15 is 0 Å². The molecular weight excluding hydrogens is 334 g/mol. The lowest BCUT2D eigenvalue weighted by Crippen LogP contribution is -2.19. The van der Waals surface area contributed by atoms with Gasteiger partial charge in [0.15, 0.2) is 5.82 Å². The monoisotopic (exact) mass is 363 g/mol. The van der Waals surface area contributed by atoms with Crippen LogP contribution in [0.4, 0.5) is 17.2 Å². The van der Waals surface area contributed by atoms with Crippen molar-refractivity contribution in [2.24, 2.45) is 4.99 Å². The predicted octanol–water partition coefficient (Wildman–Crippen LogP) is 4.78. The van der Waals surface area contributed by atoms with E-state index in [9.17, 15) is 0 Å². The van der Waals surface area contributed by atoms with Gasteiger partial charge in [0.2, 0.25) is 0 Å². The molecule has 0 radical (unpaired) electrons. The van der Waals surface area contributed by atoms with Crippen molar-refractivity contribution in [3.8, 4) is 0 Å². The summed E-state index contributed by atoms with van der Waals surface area (Å²) >= 11 is 0. The van der Waals surface area contributed by atoms with Gasteiger partial charge in [-0.1, -0.05) is 37.6 Å². The first kappa shape index (κ1) is 19.1. The highest BCUT2D eigenvalue weighted by atomic mass is 15.2. The van der Waals surface area contributed by atoms with Gasteiger partial charge in [0.05, 0.1) is 11.4 Å². The number of nitrogens with zero attached hydrogens (tertiary/aromatic N) is 4. The molecule has 0 aliphatic carbocycles. The first-order valence-corrected chi connectivity index (χ1v) is 9.68. The number of rotatable bonds is 7. The van der Waals surface area contributed by atoms with Gasteiger partial charge in [-0.15, -0.1) is 0 Å². The molecule has 2 aromatic rings. The van der Waals surface area contributed by atoms with E-state index in [1.54, 1.807) is 6.33 Å². The number of nitrogens with one attached hydrogen (secondary N) is 1. The summed E-state index contributed by atoms with van der Waals surface area (Å²) < 4.78 is 0. The maximum Gasteiger partial charge on any atom is 0.162 e. The quantitative estimate of drug-likeness (QED) is 0.568. The molecule has 0 spiro atoms. The molecule has 0 bridgehead atoms. The highest BCUT2D eigenvalue weighted by Crippen LogP contribution is 2.39. The second kappa shape index (κ2) is 8.33. The van der Waals surface area contributed by atoms with Crippen molar-refractivity contribution in [3.05, 3.63) is 53.6 Å². The highest BCUT2D eigenvalue weighted by Gasteiger charge is 2.24. The molecule has 0 fully saturated rings. The largest absolute Gasteiger partial charge is 0.384 e. The van der Waals surface area contributed by atoms with E-state index in [4.69, 9.17) is 4.99 Å². The summed E-state index contributed by atoms with van der Waals surface area (Å²) in [6, 6.07) is 6.59.